The largest absolute Gasteiger partial charge is 0.373 e. The van der Waals surface area contributed by atoms with Crippen LogP contribution >= 0.6 is 11.3 Å². The molecule has 3 heterocycles. The van der Waals surface area contributed by atoms with Gasteiger partial charge in [-0.05, 0) is 48.9 Å². The van der Waals surface area contributed by atoms with E-state index in [9.17, 15) is 4.79 Å². The molecule has 2 aliphatic rings. The minimum Gasteiger partial charge on any atom is -0.373 e. The smallest absolute Gasteiger partial charge is 0.263 e. The average Bonchev–Trinajstić information content (AvgIpc) is 3.22. The van der Waals surface area contributed by atoms with E-state index < -0.39 is 0 Å². The summed E-state index contributed by atoms with van der Waals surface area (Å²) in [6.45, 7) is 2.46. The lowest BCUT2D eigenvalue weighted by atomic mass is 10.0. The van der Waals surface area contributed by atoms with Crippen molar-refractivity contribution < 1.29 is 9.53 Å². The van der Waals surface area contributed by atoms with Gasteiger partial charge in [-0.1, -0.05) is 24.3 Å². The van der Waals surface area contributed by atoms with Crippen molar-refractivity contribution in [1.82, 2.24) is 4.90 Å². The first kappa shape index (κ1) is 14.9. The molecule has 1 amide bonds. The lowest BCUT2D eigenvalue weighted by Gasteiger charge is -2.19. The van der Waals surface area contributed by atoms with Gasteiger partial charge in [0.2, 0.25) is 0 Å². The van der Waals surface area contributed by atoms with Gasteiger partial charge in [-0.3, -0.25) is 4.79 Å². The van der Waals surface area contributed by atoms with E-state index >= 15 is 0 Å². The van der Waals surface area contributed by atoms with E-state index in [1.165, 1.54) is 16.0 Å². The third-order valence-electron chi connectivity index (χ3n) is 4.79. The van der Waals surface area contributed by atoms with Crippen molar-refractivity contribution in [3.05, 3.63) is 57.3 Å². The van der Waals surface area contributed by atoms with Crippen molar-refractivity contribution in [2.45, 2.75) is 31.8 Å². The molecule has 1 aromatic carbocycles. The Balaban J connectivity index is 1.47. The second kappa shape index (κ2) is 6.46. The zero-order chi connectivity index (χ0) is 15.6. The quantitative estimate of drug-likeness (QED) is 0.839. The molecular formula is C19H21NO2S. The lowest BCUT2D eigenvalue weighted by molar-refractivity contribution is 0.0768. The van der Waals surface area contributed by atoms with Crippen molar-refractivity contribution >= 4 is 17.2 Å². The molecule has 1 aromatic heterocycles. The summed E-state index contributed by atoms with van der Waals surface area (Å²) in [6, 6.07) is 12.6. The number of carbonyl (C=O) groups is 1. The number of benzene rings is 1. The Morgan fingerprint density at radius 3 is 2.48 bits per heavy atom. The number of hydrogen-bond donors (Lipinski definition) is 0. The maximum Gasteiger partial charge on any atom is 0.263 e. The molecule has 1 unspecified atom stereocenters. The Bertz CT molecular complexity index is 676. The van der Waals surface area contributed by atoms with E-state index in [4.69, 9.17) is 4.74 Å². The summed E-state index contributed by atoms with van der Waals surface area (Å²) in [7, 11) is 0. The SMILES string of the molecule is O=C(c1ccc(C2CCCO2)s1)N1CCc2ccccc2CC1. The van der Waals surface area contributed by atoms with Crippen LogP contribution in [0.25, 0.3) is 0 Å². The summed E-state index contributed by atoms with van der Waals surface area (Å²) in [6.07, 6.45) is 4.30. The van der Waals surface area contributed by atoms with Crippen LogP contribution in [0.1, 0.15) is 44.6 Å². The highest BCUT2D eigenvalue weighted by Gasteiger charge is 2.24. The van der Waals surface area contributed by atoms with Crippen molar-refractivity contribution in [3.63, 3.8) is 0 Å². The van der Waals surface area contributed by atoms with Gasteiger partial charge in [-0.2, -0.15) is 0 Å². The third-order valence-corrected chi connectivity index (χ3v) is 5.96. The van der Waals surface area contributed by atoms with E-state index in [1.54, 1.807) is 11.3 Å². The van der Waals surface area contributed by atoms with Gasteiger partial charge in [0, 0.05) is 24.6 Å². The number of amides is 1. The maximum atomic E-state index is 12.8. The van der Waals surface area contributed by atoms with E-state index in [1.807, 2.05) is 11.0 Å². The van der Waals surface area contributed by atoms with Crippen molar-refractivity contribution in [2.75, 3.05) is 19.7 Å². The van der Waals surface area contributed by atoms with Crippen LogP contribution in [0.3, 0.4) is 0 Å². The van der Waals surface area contributed by atoms with Gasteiger partial charge in [0.05, 0.1) is 11.0 Å². The molecule has 4 rings (SSSR count). The van der Waals surface area contributed by atoms with E-state index in [2.05, 4.69) is 30.3 Å². The normalized spacial score (nSPS) is 21.0. The molecule has 1 saturated heterocycles. The first-order valence-corrected chi connectivity index (χ1v) is 9.20. The minimum absolute atomic E-state index is 0.173. The average molecular weight is 327 g/mol. The molecular weight excluding hydrogens is 306 g/mol. The molecule has 0 aliphatic carbocycles. The van der Waals surface area contributed by atoms with Gasteiger partial charge in [0.25, 0.3) is 5.91 Å². The molecule has 1 fully saturated rings. The molecule has 0 bridgehead atoms. The highest BCUT2D eigenvalue weighted by Crippen LogP contribution is 2.33. The zero-order valence-electron chi connectivity index (χ0n) is 13.2. The predicted molar refractivity (Wildman–Crippen MR) is 92.0 cm³/mol. The van der Waals surface area contributed by atoms with Crippen LogP contribution in [0.5, 0.6) is 0 Å². The van der Waals surface area contributed by atoms with Crippen LogP contribution in [0.4, 0.5) is 0 Å². The molecule has 3 nitrogen and oxygen atoms in total. The van der Waals surface area contributed by atoms with Gasteiger partial charge in [0.1, 0.15) is 0 Å². The fourth-order valence-electron chi connectivity index (χ4n) is 3.47. The molecule has 0 saturated carbocycles. The number of fused-ring (bicyclic) bond motifs is 1. The van der Waals surface area contributed by atoms with Gasteiger partial charge in [0.15, 0.2) is 0 Å². The molecule has 2 aliphatic heterocycles. The Morgan fingerprint density at radius 1 is 1.09 bits per heavy atom. The van der Waals surface area contributed by atoms with Crippen LogP contribution < -0.4 is 0 Å². The zero-order valence-corrected chi connectivity index (χ0v) is 14.0. The maximum absolute atomic E-state index is 12.8. The number of hydrogen-bond acceptors (Lipinski definition) is 3. The van der Waals surface area contributed by atoms with Gasteiger partial charge in [-0.25, -0.2) is 0 Å². The molecule has 4 heteroatoms. The van der Waals surface area contributed by atoms with Crippen molar-refractivity contribution in [3.8, 4) is 0 Å². The highest BCUT2D eigenvalue weighted by molar-refractivity contribution is 7.14. The van der Waals surface area contributed by atoms with E-state index in [0.29, 0.717) is 0 Å². The van der Waals surface area contributed by atoms with Crippen molar-refractivity contribution in [1.29, 1.82) is 0 Å². The number of ether oxygens (including phenoxy) is 1. The number of carbonyl (C=O) groups excluding carboxylic acids is 1. The number of rotatable bonds is 2. The fourth-order valence-corrected chi connectivity index (χ4v) is 4.53. The van der Waals surface area contributed by atoms with Crippen LogP contribution in [0, 0.1) is 0 Å². The van der Waals surface area contributed by atoms with E-state index in [0.717, 1.165) is 50.3 Å². The molecule has 1 atom stereocenters. The topological polar surface area (TPSA) is 29.5 Å². The highest BCUT2D eigenvalue weighted by atomic mass is 32.1. The molecule has 0 spiro atoms. The first-order valence-electron chi connectivity index (χ1n) is 8.38. The van der Waals surface area contributed by atoms with Crippen LogP contribution in [0.15, 0.2) is 36.4 Å². The van der Waals surface area contributed by atoms with Crippen molar-refractivity contribution in [2.24, 2.45) is 0 Å². The number of thiophene rings is 1. The second-order valence-electron chi connectivity index (χ2n) is 6.26. The summed E-state index contributed by atoms with van der Waals surface area (Å²) in [4.78, 5) is 16.9. The molecule has 0 N–H and O–H groups in total. The van der Waals surface area contributed by atoms with E-state index in [-0.39, 0.29) is 12.0 Å². The Hall–Kier alpha value is -1.65. The molecule has 0 radical (unpaired) electrons. The standard InChI is InChI=1S/C19H21NO2S/c21-19(18-8-7-17(23-18)16-6-3-13-22-16)20-11-9-14-4-1-2-5-15(14)10-12-20/h1-2,4-5,7-8,16H,3,6,9-13H2. The first-order chi connectivity index (χ1) is 11.3. The summed E-state index contributed by atoms with van der Waals surface area (Å²) in [5, 5.41) is 0. The molecule has 23 heavy (non-hydrogen) atoms. The number of nitrogens with zero attached hydrogens (tertiary/aromatic N) is 1. The predicted octanol–water partition coefficient (Wildman–Crippen LogP) is 3.84. The Morgan fingerprint density at radius 2 is 1.83 bits per heavy atom. The second-order valence-corrected chi connectivity index (χ2v) is 7.38. The molecule has 120 valence electrons. The lowest BCUT2D eigenvalue weighted by Crippen LogP contribution is -2.32. The van der Waals surface area contributed by atoms with Crippen LogP contribution in [-0.4, -0.2) is 30.5 Å². The Kier molecular flexibility index (Phi) is 4.19. The Labute approximate surface area is 140 Å². The summed E-state index contributed by atoms with van der Waals surface area (Å²) in [5.74, 6) is 0.173. The fraction of sp³-hybridized carbons (Fsp3) is 0.421. The van der Waals surface area contributed by atoms with Gasteiger partial charge in [-0.15, -0.1) is 11.3 Å². The third kappa shape index (κ3) is 3.06. The summed E-state index contributed by atoms with van der Waals surface area (Å²) >= 11 is 1.61. The minimum atomic E-state index is 0.173. The van der Waals surface area contributed by atoms with Gasteiger partial charge < -0.3 is 9.64 Å². The van der Waals surface area contributed by atoms with Crippen LogP contribution in [0.2, 0.25) is 0 Å². The van der Waals surface area contributed by atoms with Crippen LogP contribution in [-0.2, 0) is 17.6 Å². The summed E-state index contributed by atoms with van der Waals surface area (Å²) in [5.41, 5.74) is 2.77. The summed E-state index contributed by atoms with van der Waals surface area (Å²) < 4.78 is 5.73. The van der Waals surface area contributed by atoms with Gasteiger partial charge >= 0.3 is 0 Å². The molecule has 2 aromatic rings. The monoisotopic (exact) mass is 327 g/mol.